The first kappa shape index (κ1) is 19.7. The van der Waals surface area contributed by atoms with E-state index in [0.29, 0.717) is 19.6 Å². The number of hydrogen-bond donors (Lipinski definition) is 0. The van der Waals surface area contributed by atoms with Gasteiger partial charge in [-0.15, -0.1) is 0 Å². The first-order valence-corrected chi connectivity index (χ1v) is 9.87. The molecule has 1 saturated heterocycles. The van der Waals surface area contributed by atoms with Gasteiger partial charge in [-0.2, -0.15) is 4.31 Å². The average Bonchev–Trinajstić information content (AvgIpc) is 2.63. The minimum Gasteiger partial charge on any atom is -0.489 e. The summed E-state index contributed by atoms with van der Waals surface area (Å²) >= 11 is 0. The number of sulfonamides is 1. The van der Waals surface area contributed by atoms with Gasteiger partial charge in [0.2, 0.25) is 10.0 Å². The molecule has 1 heterocycles. The maximum Gasteiger partial charge on any atom is 0.249 e. The molecule has 0 spiro atoms. The van der Waals surface area contributed by atoms with E-state index in [0.717, 1.165) is 22.5 Å². The molecule has 2 aromatic rings. The number of nitrogens with zero attached hydrogens (tertiary/aromatic N) is 2. The summed E-state index contributed by atoms with van der Waals surface area (Å²) < 4.78 is 72.7. The molecule has 5 nitrogen and oxygen atoms in total. The molecule has 9 heteroatoms. The van der Waals surface area contributed by atoms with E-state index in [2.05, 4.69) is 0 Å². The third-order valence-electron chi connectivity index (χ3n) is 4.35. The highest BCUT2D eigenvalue weighted by Gasteiger charge is 2.32. The smallest absolute Gasteiger partial charge is 0.249 e. The van der Waals surface area contributed by atoms with Crippen molar-refractivity contribution in [1.29, 1.82) is 0 Å². The van der Waals surface area contributed by atoms with Crippen molar-refractivity contribution in [2.24, 2.45) is 0 Å². The molecule has 0 saturated carbocycles. The predicted octanol–water partition coefficient (Wildman–Crippen LogP) is 2.49. The van der Waals surface area contributed by atoms with Crippen LogP contribution in [0, 0.1) is 17.5 Å². The molecule has 0 bridgehead atoms. The van der Waals surface area contributed by atoms with Crippen molar-refractivity contribution in [2.75, 3.05) is 39.3 Å². The molecular formula is C18H19F3N2O3S. The Labute approximate surface area is 156 Å². The molecule has 0 aliphatic carbocycles. The number of ether oxygens (including phenoxy) is 1. The maximum absolute atomic E-state index is 13.8. The van der Waals surface area contributed by atoms with Crippen LogP contribution in [-0.2, 0) is 10.0 Å². The Kier molecular flexibility index (Phi) is 6.03. The quantitative estimate of drug-likeness (QED) is 0.748. The molecule has 1 aliphatic heterocycles. The summed E-state index contributed by atoms with van der Waals surface area (Å²) in [6.07, 6.45) is 0. The van der Waals surface area contributed by atoms with E-state index < -0.39 is 32.4 Å². The van der Waals surface area contributed by atoms with Crippen molar-refractivity contribution < 1.29 is 26.3 Å². The van der Waals surface area contributed by atoms with Crippen molar-refractivity contribution >= 4 is 10.0 Å². The van der Waals surface area contributed by atoms with Gasteiger partial charge in [-0.3, -0.25) is 4.90 Å². The van der Waals surface area contributed by atoms with E-state index in [-0.39, 0.29) is 25.4 Å². The molecule has 0 radical (unpaired) electrons. The van der Waals surface area contributed by atoms with Crippen LogP contribution >= 0.6 is 0 Å². The molecule has 1 fully saturated rings. The number of benzene rings is 2. The van der Waals surface area contributed by atoms with Crippen LogP contribution in [0.15, 0.2) is 47.4 Å². The molecule has 2 aromatic carbocycles. The molecule has 0 aromatic heterocycles. The molecule has 0 N–H and O–H groups in total. The van der Waals surface area contributed by atoms with Gasteiger partial charge in [0, 0.05) is 32.7 Å². The first-order valence-electron chi connectivity index (χ1n) is 8.43. The Balaban J connectivity index is 1.55. The lowest BCUT2D eigenvalue weighted by Gasteiger charge is -2.33. The van der Waals surface area contributed by atoms with Crippen molar-refractivity contribution in [3.63, 3.8) is 0 Å². The lowest BCUT2D eigenvalue weighted by atomic mass is 10.3. The zero-order chi connectivity index (χ0) is 19.4. The highest BCUT2D eigenvalue weighted by Crippen LogP contribution is 2.23. The van der Waals surface area contributed by atoms with Gasteiger partial charge in [0.25, 0.3) is 0 Å². The summed E-state index contributed by atoms with van der Waals surface area (Å²) in [5, 5.41) is 0. The molecular weight excluding hydrogens is 381 g/mol. The van der Waals surface area contributed by atoms with Gasteiger partial charge in [0.1, 0.15) is 18.2 Å². The van der Waals surface area contributed by atoms with Crippen LogP contribution in [0.4, 0.5) is 13.2 Å². The van der Waals surface area contributed by atoms with Gasteiger partial charge < -0.3 is 4.74 Å². The Hall–Kier alpha value is -2.10. The van der Waals surface area contributed by atoms with Gasteiger partial charge in [-0.25, -0.2) is 21.6 Å². The highest BCUT2D eigenvalue weighted by atomic mass is 32.2. The maximum atomic E-state index is 13.8. The van der Waals surface area contributed by atoms with Crippen molar-refractivity contribution in [1.82, 2.24) is 9.21 Å². The second-order valence-electron chi connectivity index (χ2n) is 6.08. The molecule has 0 atom stereocenters. The van der Waals surface area contributed by atoms with Crippen LogP contribution in [0.25, 0.3) is 0 Å². The zero-order valence-electron chi connectivity index (χ0n) is 14.4. The molecule has 146 valence electrons. The number of rotatable bonds is 6. The fourth-order valence-electron chi connectivity index (χ4n) is 2.90. The summed E-state index contributed by atoms with van der Waals surface area (Å²) in [5.41, 5.74) is 0. The number of halogens is 3. The number of piperazine rings is 1. The summed E-state index contributed by atoms with van der Waals surface area (Å²) in [6.45, 7) is 1.71. The van der Waals surface area contributed by atoms with E-state index in [9.17, 15) is 21.6 Å². The largest absolute Gasteiger partial charge is 0.489 e. The normalized spacial score (nSPS) is 16.4. The summed E-state index contributed by atoms with van der Waals surface area (Å²) in [5.74, 6) is -2.49. The number of hydrogen-bond acceptors (Lipinski definition) is 4. The van der Waals surface area contributed by atoms with Gasteiger partial charge >= 0.3 is 0 Å². The van der Waals surface area contributed by atoms with Crippen LogP contribution in [0.1, 0.15) is 0 Å². The Morgan fingerprint density at radius 1 is 0.852 bits per heavy atom. The summed E-state index contributed by atoms with van der Waals surface area (Å²) in [4.78, 5) is 1.03. The predicted molar refractivity (Wildman–Crippen MR) is 93.5 cm³/mol. The monoisotopic (exact) mass is 400 g/mol. The second-order valence-corrected chi connectivity index (χ2v) is 7.95. The van der Waals surface area contributed by atoms with E-state index >= 15 is 0 Å². The standard InChI is InChI=1S/C18H19F3N2O3S/c19-14-4-1-2-7-17(14)26-13-12-22-8-10-23(11-9-22)27(24,25)18-15(20)5-3-6-16(18)21/h1-7H,8-13H2. The van der Waals surface area contributed by atoms with Gasteiger partial charge in [-0.05, 0) is 24.3 Å². The minimum atomic E-state index is -4.24. The Bertz CT molecular complexity index is 880. The molecule has 0 amide bonds. The SMILES string of the molecule is O=S(=O)(c1c(F)cccc1F)N1CCN(CCOc2ccccc2F)CC1. The molecule has 1 aliphatic rings. The molecule has 27 heavy (non-hydrogen) atoms. The van der Waals surface area contributed by atoms with E-state index in [1.165, 1.54) is 12.1 Å². The van der Waals surface area contributed by atoms with Crippen molar-refractivity contribution in [2.45, 2.75) is 4.90 Å². The highest BCUT2D eigenvalue weighted by molar-refractivity contribution is 7.89. The van der Waals surface area contributed by atoms with E-state index in [1.54, 1.807) is 12.1 Å². The molecule has 3 rings (SSSR count). The summed E-state index contributed by atoms with van der Waals surface area (Å²) in [6, 6.07) is 9.05. The van der Waals surface area contributed by atoms with Crippen LogP contribution in [0.2, 0.25) is 0 Å². The Morgan fingerprint density at radius 3 is 2.07 bits per heavy atom. The summed E-state index contributed by atoms with van der Waals surface area (Å²) in [7, 11) is -4.24. The van der Waals surface area contributed by atoms with Crippen molar-refractivity contribution in [3.8, 4) is 5.75 Å². The lowest BCUT2D eigenvalue weighted by Crippen LogP contribution is -2.49. The van der Waals surface area contributed by atoms with Crippen LogP contribution < -0.4 is 4.74 Å². The van der Waals surface area contributed by atoms with Gasteiger partial charge in [0.15, 0.2) is 16.5 Å². The fraction of sp³-hybridized carbons (Fsp3) is 0.333. The topological polar surface area (TPSA) is 49.9 Å². The van der Waals surface area contributed by atoms with Crippen LogP contribution in [0.5, 0.6) is 5.75 Å². The van der Waals surface area contributed by atoms with Crippen LogP contribution in [0.3, 0.4) is 0 Å². The third-order valence-corrected chi connectivity index (χ3v) is 6.30. The fourth-order valence-corrected chi connectivity index (χ4v) is 4.43. The van der Waals surface area contributed by atoms with E-state index in [4.69, 9.17) is 4.74 Å². The average molecular weight is 400 g/mol. The second kappa shape index (κ2) is 8.28. The molecule has 0 unspecified atom stereocenters. The lowest BCUT2D eigenvalue weighted by molar-refractivity contribution is 0.156. The minimum absolute atomic E-state index is 0.107. The van der Waals surface area contributed by atoms with Gasteiger partial charge in [0.05, 0.1) is 0 Å². The van der Waals surface area contributed by atoms with Crippen molar-refractivity contribution in [3.05, 3.63) is 59.9 Å². The van der Waals surface area contributed by atoms with E-state index in [1.807, 2.05) is 4.90 Å². The van der Waals surface area contributed by atoms with Gasteiger partial charge in [-0.1, -0.05) is 18.2 Å². The first-order chi connectivity index (χ1) is 12.9. The Morgan fingerprint density at radius 2 is 1.44 bits per heavy atom. The zero-order valence-corrected chi connectivity index (χ0v) is 15.3. The van der Waals surface area contributed by atoms with Crippen LogP contribution in [-0.4, -0.2) is 57.0 Å². The third kappa shape index (κ3) is 4.42. The number of para-hydroxylation sites is 1.